The molecule has 3 aromatic carbocycles. The van der Waals surface area contributed by atoms with E-state index in [0.29, 0.717) is 14.7 Å². The zero-order valence-corrected chi connectivity index (χ0v) is 23.8. The second-order valence-corrected chi connectivity index (χ2v) is 12.1. The first-order valence-corrected chi connectivity index (χ1v) is 14.5. The van der Waals surface area contributed by atoms with Crippen LogP contribution in [0.5, 0.6) is 5.75 Å². The molecule has 240 valence electrons. The molecule has 1 amide bonds. The molecular formula is C26H21F8NO7S2. The van der Waals surface area contributed by atoms with Crippen LogP contribution in [0, 0.1) is 0 Å². The van der Waals surface area contributed by atoms with E-state index in [-0.39, 0.29) is 11.4 Å². The molecule has 0 saturated heterocycles. The van der Waals surface area contributed by atoms with Crippen molar-refractivity contribution in [3.8, 4) is 5.75 Å². The van der Waals surface area contributed by atoms with Gasteiger partial charge in [-0.05, 0) is 60.7 Å². The first-order valence-electron chi connectivity index (χ1n) is 11.9. The van der Waals surface area contributed by atoms with E-state index < -0.39 is 63.5 Å². The molecule has 0 radical (unpaired) electrons. The van der Waals surface area contributed by atoms with Gasteiger partial charge in [-0.3, -0.25) is 4.79 Å². The van der Waals surface area contributed by atoms with E-state index in [9.17, 15) is 52.9 Å². The monoisotopic (exact) mass is 675 g/mol. The zero-order valence-electron chi connectivity index (χ0n) is 22.1. The molecule has 1 N–H and O–H groups in total. The number of nitrogens with one attached hydrogen (secondary N) is 1. The van der Waals surface area contributed by atoms with Crippen molar-refractivity contribution in [1.82, 2.24) is 0 Å². The largest absolute Gasteiger partial charge is 0.743 e. The highest BCUT2D eigenvalue weighted by atomic mass is 32.2. The van der Waals surface area contributed by atoms with Gasteiger partial charge >= 0.3 is 23.5 Å². The molecule has 3 rings (SSSR count). The molecule has 0 aliphatic heterocycles. The Morgan fingerprint density at radius 2 is 1.27 bits per heavy atom. The van der Waals surface area contributed by atoms with E-state index in [1.165, 1.54) is 24.3 Å². The number of hydrogen-bond acceptors (Lipinski definition) is 7. The van der Waals surface area contributed by atoms with Crippen LogP contribution < -0.4 is 10.1 Å². The minimum Gasteiger partial charge on any atom is -0.743 e. The van der Waals surface area contributed by atoms with Gasteiger partial charge in [-0.25, -0.2) is 8.42 Å². The minimum atomic E-state index is -6.28. The zero-order chi connectivity index (χ0) is 33.0. The van der Waals surface area contributed by atoms with Crippen LogP contribution in [0.15, 0.2) is 93.5 Å². The van der Waals surface area contributed by atoms with Crippen molar-refractivity contribution in [2.45, 2.75) is 37.9 Å². The molecule has 3 aromatic rings. The number of carbonyl (C=O) groups excluding carboxylic acids is 1. The average Bonchev–Trinajstić information content (AvgIpc) is 2.93. The van der Waals surface area contributed by atoms with E-state index in [1.54, 1.807) is 35.6 Å². The van der Waals surface area contributed by atoms with Crippen molar-refractivity contribution in [1.29, 1.82) is 0 Å². The van der Waals surface area contributed by atoms with Gasteiger partial charge in [-0.2, -0.15) is 35.1 Å². The van der Waals surface area contributed by atoms with E-state index in [0.717, 1.165) is 31.4 Å². The van der Waals surface area contributed by atoms with Crippen LogP contribution in [0.3, 0.4) is 0 Å². The molecule has 0 aliphatic rings. The summed E-state index contributed by atoms with van der Waals surface area (Å²) in [6.45, 7) is -3.28. The molecule has 18 heteroatoms. The number of anilines is 1. The summed E-state index contributed by atoms with van der Waals surface area (Å²) in [5, 5.41) is -3.58. The fraction of sp³-hybridized carbons (Fsp3) is 0.269. The maximum atomic E-state index is 13.6. The summed E-state index contributed by atoms with van der Waals surface area (Å²) >= 11 is 0. The molecule has 0 aliphatic carbocycles. The number of amides is 1. The highest BCUT2D eigenvalue weighted by Gasteiger charge is 2.73. The number of ether oxygens (including phenoxy) is 3. The summed E-state index contributed by atoms with van der Waals surface area (Å²) in [6.07, 6.45) is -11.8. The van der Waals surface area contributed by atoms with Crippen molar-refractivity contribution >= 4 is 32.6 Å². The summed E-state index contributed by atoms with van der Waals surface area (Å²) in [5.74, 6) is -2.71. The summed E-state index contributed by atoms with van der Waals surface area (Å²) in [5.41, 5.74) is -4.95. The lowest BCUT2D eigenvalue weighted by Crippen LogP contribution is -2.62. The molecule has 0 aromatic heterocycles. The van der Waals surface area contributed by atoms with Gasteiger partial charge in [-0.1, -0.05) is 18.2 Å². The van der Waals surface area contributed by atoms with Crippen LogP contribution in [0.4, 0.5) is 40.8 Å². The third-order valence-corrected chi connectivity index (χ3v) is 8.79. The van der Waals surface area contributed by atoms with E-state index >= 15 is 0 Å². The highest BCUT2D eigenvalue weighted by Crippen LogP contribution is 2.46. The van der Waals surface area contributed by atoms with Crippen LogP contribution in [0.1, 0.15) is 0 Å². The molecule has 0 spiro atoms. The Labute approximate surface area is 248 Å². The summed E-state index contributed by atoms with van der Waals surface area (Å²) in [7, 11) is -6.42. The predicted octanol–water partition coefficient (Wildman–Crippen LogP) is 5.72. The highest BCUT2D eigenvalue weighted by molar-refractivity contribution is 7.97. The van der Waals surface area contributed by atoms with Crippen molar-refractivity contribution in [3.05, 3.63) is 78.9 Å². The molecule has 1 atom stereocenters. The van der Waals surface area contributed by atoms with Gasteiger partial charge in [-0.15, -0.1) is 0 Å². The SMILES string of the molecule is COCOC(COc1ccc([S+](c2ccccc2)c2ccc(NC(=O)C(F)(F)S(=O)(=O)[O-])cc2)cc1)(C(F)(F)F)C(F)(F)F. The maximum Gasteiger partial charge on any atom is 0.430 e. The molecule has 44 heavy (non-hydrogen) atoms. The third-order valence-electron chi connectivity index (χ3n) is 5.75. The topological polar surface area (TPSA) is 114 Å². The normalized spacial score (nSPS) is 13.8. The summed E-state index contributed by atoms with van der Waals surface area (Å²) in [4.78, 5) is 13.4. The number of benzene rings is 3. The van der Waals surface area contributed by atoms with Gasteiger partial charge in [0.1, 0.15) is 19.1 Å². The number of rotatable bonds is 12. The Morgan fingerprint density at radius 3 is 1.73 bits per heavy atom. The quantitative estimate of drug-likeness (QED) is 0.113. The van der Waals surface area contributed by atoms with Crippen LogP contribution in [0.2, 0.25) is 0 Å². The Hall–Kier alpha value is -3.45. The van der Waals surface area contributed by atoms with E-state index in [1.807, 2.05) is 0 Å². The van der Waals surface area contributed by atoms with Crippen LogP contribution in [-0.4, -0.2) is 62.6 Å². The van der Waals surface area contributed by atoms with Gasteiger partial charge < -0.3 is 24.1 Å². The number of hydrogen-bond donors (Lipinski definition) is 1. The predicted molar refractivity (Wildman–Crippen MR) is 138 cm³/mol. The lowest BCUT2D eigenvalue weighted by Gasteiger charge is -2.36. The van der Waals surface area contributed by atoms with Crippen LogP contribution >= 0.6 is 0 Å². The van der Waals surface area contributed by atoms with Gasteiger partial charge in [0.15, 0.2) is 24.8 Å². The summed E-state index contributed by atoms with van der Waals surface area (Å²) < 4.78 is 154. The van der Waals surface area contributed by atoms with E-state index in [2.05, 4.69) is 9.47 Å². The first kappa shape index (κ1) is 35.0. The van der Waals surface area contributed by atoms with Gasteiger partial charge in [0.2, 0.25) is 0 Å². The lowest BCUT2D eigenvalue weighted by molar-refractivity contribution is -0.397. The second kappa shape index (κ2) is 13.3. The first-order chi connectivity index (χ1) is 20.3. The van der Waals surface area contributed by atoms with Crippen molar-refractivity contribution in [3.63, 3.8) is 0 Å². The Morgan fingerprint density at radius 1 is 0.795 bits per heavy atom. The summed E-state index contributed by atoms with van der Waals surface area (Å²) in [6, 6.07) is 18.7. The fourth-order valence-electron chi connectivity index (χ4n) is 3.50. The van der Waals surface area contributed by atoms with Gasteiger partial charge in [0.25, 0.3) is 5.60 Å². The fourth-order valence-corrected chi connectivity index (χ4v) is 5.84. The molecule has 0 heterocycles. The Kier molecular flexibility index (Phi) is 10.6. The second-order valence-electron chi connectivity index (χ2n) is 8.70. The smallest absolute Gasteiger partial charge is 0.430 e. The molecule has 0 bridgehead atoms. The minimum absolute atomic E-state index is 0.268. The number of methoxy groups -OCH3 is 1. The maximum absolute atomic E-state index is 13.6. The average molecular weight is 676 g/mol. The molecule has 1 unspecified atom stereocenters. The van der Waals surface area contributed by atoms with Crippen LogP contribution in [-0.2, 0) is 35.3 Å². The van der Waals surface area contributed by atoms with Gasteiger partial charge in [0, 0.05) is 12.8 Å². The Bertz CT molecular complexity index is 1500. The molecule has 0 saturated carbocycles. The molecule has 8 nitrogen and oxygen atoms in total. The Balaban J connectivity index is 1.89. The standard InChI is InChI=1S/C26H21F8NO7S2/c1-40-16-42-23(25(29,30)31,26(32,33)34)15-41-18-9-13-21(14-10-18)43(19-5-3-2-4-6-19)20-11-7-17(8-12-20)35-22(36)24(27,28)44(37,38)39/h2-14H,15-16H2,1H3,(H-,35,36,37,38,39). The number of alkyl halides is 8. The third kappa shape index (κ3) is 7.60. The lowest BCUT2D eigenvalue weighted by atomic mass is 10.0. The van der Waals surface area contributed by atoms with Gasteiger partial charge in [0.05, 0.1) is 10.9 Å². The molecule has 0 fully saturated rings. The van der Waals surface area contributed by atoms with Crippen molar-refractivity contribution in [2.75, 3.05) is 25.8 Å². The number of halogens is 8. The van der Waals surface area contributed by atoms with Crippen molar-refractivity contribution in [2.24, 2.45) is 0 Å². The van der Waals surface area contributed by atoms with Crippen LogP contribution in [0.25, 0.3) is 0 Å². The van der Waals surface area contributed by atoms with Crippen molar-refractivity contribution < 1.29 is 67.1 Å². The van der Waals surface area contributed by atoms with E-state index in [4.69, 9.17) is 4.74 Å². The molecular weight excluding hydrogens is 654 g/mol. The number of carbonyl (C=O) groups is 1.